The van der Waals surface area contributed by atoms with Gasteiger partial charge in [-0.3, -0.25) is 0 Å². The molecule has 21 heavy (non-hydrogen) atoms. The van der Waals surface area contributed by atoms with E-state index in [4.69, 9.17) is 10.6 Å². The average molecular weight is 316 g/mol. The van der Waals surface area contributed by atoms with Gasteiger partial charge in [-0.1, -0.05) is 23.9 Å². The SMILES string of the molecule is COc1ccccc1Sc1cc(NN)nc(C(F)(F)F)n1. The lowest BCUT2D eigenvalue weighted by molar-refractivity contribution is -0.145. The van der Waals surface area contributed by atoms with Crippen LogP contribution in [0.5, 0.6) is 5.75 Å². The molecule has 0 bridgehead atoms. The van der Waals surface area contributed by atoms with E-state index in [1.165, 1.54) is 13.2 Å². The maximum absolute atomic E-state index is 12.7. The number of nitrogens with two attached hydrogens (primary N) is 1. The zero-order valence-electron chi connectivity index (χ0n) is 10.8. The molecule has 0 aliphatic rings. The molecule has 1 aromatic heterocycles. The molecule has 1 heterocycles. The topological polar surface area (TPSA) is 73.1 Å². The Hall–Kier alpha value is -2.00. The molecule has 2 rings (SSSR count). The van der Waals surface area contributed by atoms with Crippen molar-refractivity contribution in [2.45, 2.75) is 16.1 Å². The van der Waals surface area contributed by atoms with Crippen molar-refractivity contribution in [3.63, 3.8) is 0 Å². The van der Waals surface area contributed by atoms with Crippen LogP contribution in [0.1, 0.15) is 5.82 Å². The first kappa shape index (κ1) is 15.4. The van der Waals surface area contributed by atoms with E-state index in [2.05, 4.69) is 15.4 Å². The normalized spacial score (nSPS) is 11.3. The fraction of sp³-hybridized carbons (Fsp3) is 0.167. The number of nitrogen functional groups attached to an aromatic ring is 1. The second-order valence-corrected chi connectivity index (χ2v) is 4.87. The summed E-state index contributed by atoms with van der Waals surface area (Å²) in [4.78, 5) is 7.42. The van der Waals surface area contributed by atoms with Crippen LogP contribution < -0.4 is 16.0 Å². The molecule has 0 fully saturated rings. The second-order valence-electron chi connectivity index (χ2n) is 3.81. The van der Waals surface area contributed by atoms with Crippen LogP contribution in [0.3, 0.4) is 0 Å². The summed E-state index contributed by atoms with van der Waals surface area (Å²) in [5.41, 5.74) is 2.10. The second kappa shape index (κ2) is 6.19. The van der Waals surface area contributed by atoms with Gasteiger partial charge in [0, 0.05) is 6.07 Å². The van der Waals surface area contributed by atoms with Crippen molar-refractivity contribution in [1.29, 1.82) is 0 Å². The summed E-state index contributed by atoms with van der Waals surface area (Å²) in [7, 11) is 1.48. The van der Waals surface area contributed by atoms with Gasteiger partial charge in [0.15, 0.2) is 0 Å². The molecule has 3 N–H and O–H groups in total. The molecule has 0 atom stereocenters. The van der Waals surface area contributed by atoms with Gasteiger partial charge in [0.05, 0.1) is 12.0 Å². The van der Waals surface area contributed by atoms with Gasteiger partial charge in [-0.15, -0.1) is 0 Å². The largest absolute Gasteiger partial charge is 0.496 e. The van der Waals surface area contributed by atoms with Crippen LogP contribution in [0.25, 0.3) is 0 Å². The van der Waals surface area contributed by atoms with Crippen LogP contribution >= 0.6 is 11.8 Å². The van der Waals surface area contributed by atoms with E-state index in [1.807, 2.05) is 0 Å². The minimum atomic E-state index is -4.65. The zero-order chi connectivity index (χ0) is 15.5. The maximum Gasteiger partial charge on any atom is 0.451 e. The molecule has 0 radical (unpaired) electrons. The smallest absolute Gasteiger partial charge is 0.451 e. The number of nitrogens with zero attached hydrogens (tertiary/aromatic N) is 2. The quantitative estimate of drug-likeness (QED) is 0.513. The minimum absolute atomic E-state index is 0.106. The summed E-state index contributed by atoms with van der Waals surface area (Å²) in [5, 5.41) is 0.106. The summed E-state index contributed by atoms with van der Waals surface area (Å²) >= 11 is 1.03. The Morgan fingerprint density at radius 1 is 1.24 bits per heavy atom. The molecule has 0 amide bonds. The summed E-state index contributed by atoms with van der Waals surface area (Å²) in [6.45, 7) is 0. The molecule has 1 aromatic carbocycles. The van der Waals surface area contributed by atoms with Crippen LogP contribution in [-0.2, 0) is 6.18 Å². The van der Waals surface area contributed by atoms with E-state index in [1.54, 1.807) is 24.3 Å². The van der Waals surface area contributed by atoms with Crippen molar-refractivity contribution in [1.82, 2.24) is 9.97 Å². The molecule has 0 aliphatic carbocycles. The van der Waals surface area contributed by atoms with Gasteiger partial charge in [-0.25, -0.2) is 15.8 Å². The van der Waals surface area contributed by atoms with E-state index < -0.39 is 12.0 Å². The Kier molecular flexibility index (Phi) is 4.53. The number of hydrazine groups is 1. The highest BCUT2D eigenvalue weighted by Gasteiger charge is 2.35. The molecule has 5 nitrogen and oxygen atoms in total. The van der Waals surface area contributed by atoms with Crippen molar-refractivity contribution < 1.29 is 17.9 Å². The molecule has 112 valence electrons. The number of ether oxygens (including phenoxy) is 1. The fourth-order valence-corrected chi connectivity index (χ4v) is 2.42. The summed E-state index contributed by atoms with van der Waals surface area (Å²) in [6, 6.07) is 8.26. The van der Waals surface area contributed by atoms with Gasteiger partial charge in [0.25, 0.3) is 0 Å². The van der Waals surface area contributed by atoms with E-state index >= 15 is 0 Å². The molecule has 0 unspecified atom stereocenters. The Morgan fingerprint density at radius 3 is 2.57 bits per heavy atom. The number of halogens is 3. The molecule has 2 aromatic rings. The standard InChI is InChI=1S/C12H11F3N4OS/c1-20-7-4-2-3-5-8(7)21-10-6-9(19-16)17-11(18-10)12(13,14)15/h2-6H,16H2,1H3,(H,17,18,19). The third-order valence-electron chi connectivity index (χ3n) is 2.39. The number of anilines is 1. The number of hydrogen-bond acceptors (Lipinski definition) is 6. The molecule has 9 heteroatoms. The van der Waals surface area contributed by atoms with Crippen LogP contribution in [0.15, 0.2) is 40.3 Å². The van der Waals surface area contributed by atoms with Crippen LogP contribution in [0.4, 0.5) is 19.0 Å². The Labute approximate surface area is 122 Å². The number of alkyl halides is 3. The number of hydrogen-bond donors (Lipinski definition) is 2. The van der Waals surface area contributed by atoms with Crippen molar-refractivity contribution in [2.75, 3.05) is 12.5 Å². The fourth-order valence-electron chi connectivity index (χ4n) is 1.49. The first-order valence-corrected chi connectivity index (χ1v) is 6.49. The van der Waals surface area contributed by atoms with Gasteiger partial charge in [-0.2, -0.15) is 13.2 Å². The minimum Gasteiger partial charge on any atom is -0.496 e. The van der Waals surface area contributed by atoms with E-state index in [-0.39, 0.29) is 10.8 Å². The highest BCUT2D eigenvalue weighted by Crippen LogP contribution is 2.36. The summed E-state index contributed by atoms with van der Waals surface area (Å²) in [6.07, 6.45) is -4.65. The lowest BCUT2D eigenvalue weighted by atomic mass is 10.3. The maximum atomic E-state index is 12.7. The molecule has 0 saturated heterocycles. The number of nitrogens with one attached hydrogen (secondary N) is 1. The van der Waals surface area contributed by atoms with Crippen molar-refractivity contribution >= 4 is 17.6 Å². The molecular weight excluding hydrogens is 305 g/mol. The number of para-hydroxylation sites is 1. The van der Waals surface area contributed by atoms with Crippen LogP contribution in [-0.4, -0.2) is 17.1 Å². The third-order valence-corrected chi connectivity index (χ3v) is 3.36. The van der Waals surface area contributed by atoms with Crippen LogP contribution in [0, 0.1) is 0 Å². The van der Waals surface area contributed by atoms with Crippen molar-refractivity contribution in [3.8, 4) is 5.75 Å². The van der Waals surface area contributed by atoms with E-state index in [9.17, 15) is 13.2 Å². The number of rotatable bonds is 4. The van der Waals surface area contributed by atoms with E-state index in [0.29, 0.717) is 10.6 Å². The van der Waals surface area contributed by atoms with Gasteiger partial charge in [0.1, 0.15) is 16.6 Å². The monoisotopic (exact) mass is 316 g/mol. The first-order chi connectivity index (χ1) is 9.94. The molecule has 0 aliphatic heterocycles. The Morgan fingerprint density at radius 2 is 1.95 bits per heavy atom. The van der Waals surface area contributed by atoms with Crippen molar-refractivity contribution in [2.24, 2.45) is 5.84 Å². The lowest BCUT2D eigenvalue weighted by Gasteiger charge is -2.11. The first-order valence-electron chi connectivity index (χ1n) is 5.68. The lowest BCUT2D eigenvalue weighted by Crippen LogP contribution is -2.16. The van der Waals surface area contributed by atoms with Gasteiger partial charge < -0.3 is 10.2 Å². The number of benzene rings is 1. The highest BCUT2D eigenvalue weighted by atomic mass is 32.2. The van der Waals surface area contributed by atoms with Gasteiger partial charge >= 0.3 is 6.18 Å². The predicted molar refractivity (Wildman–Crippen MR) is 72.0 cm³/mol. The summed E-state index contributed by atoms with van der Waals surface area (Å²) < 4.78 is 43.4. The summed E-state index contributed by atoms with van der Waals surface area (Å²) in [5.74, 6) is 4.31. The van der Waals surface area contributed by atoms with Gasteiger partial charge in [0.2, 0.25) is 5.82 Å². The third kappa shape index (κ3) is 3.76. The van der Waals surface area contributed by atoms with Crippen molar-refractivity contribution in [3.05, 3.63) is 36.2 Å². The van der Waals surface area contributed by atoms with Gasteiger partial charge in [-0.05, 0) is 12.1 Å². The van der Waals surface area contributed by atoms with E-state index in [0.717, 1.165) is 11.8 Å². The predicted octanol–water partition coefficient (Wildman–Crippen LogP) is 2.94. The highest BCUT2D eigenvalue weighted by molar-refractivity contribution is 7.99. The number of methoxy groups -OCH3 is 1. The zero-order valence-corrected chi connectivity index (χ0v) is 11.6. The number of aromatic nitrogens is 2. The molecule has 0 spiro atoms. The van der Waals surface area contributed by atoms with Crippen LogP contribution in [0.2, 0.25) is 0 Å². The molecular formula is C12H11F3N4OS. The Balaban J connectivity index is 2.39. The average Bonchev–Trinajstić information content (AvgIpc) is 2.46. The molecule has 0 saturated carbocycles. The Bertz CT molecular complexity index is 636.